The van der Waals surface area contributed by atoms with Crippen LogP contribution in [0.5, 0.6) is 5.75 Å². The minimum Gasteiger partial charge on any atom is -0.486 e. The van der Waals surface area contributed by atoms with Crippen molar-refractivity contribution in [1.82, 2.24) is 66.9 Å². The molecule has 0 atom stereocenters. The molecule has 0 saturated carbocycles. The Morgan fingerprint density at radius 2 is 0.822 bits per heavy atom. The van der Waals surface area contributed by atoms with Gasteiger partial charge in [0.05, 0.1) is 15.6 Å². The minimum absolute atomic E-state index is 0.0406. The first-order valence-electron chi connectivity index (χ1n) is 40.4. The number of Topliss-reactive ketones (excluding diaryl/α,β-unsaturated/α-hetero) is 3. The van der Waals surface area contributed by atoms with E-state index in [0.29, 0.717) is 53.9 Å². The van der Waals surface area contributed by atoms with Gasteiger partial charge in [0.1, 0.15) is 33.7 Å². The smallest absolute Gasteiger partial charge is 0.270 e. The molecule has 9 aromatic carbocycles. The Bertz CT molecular complexity index is 6690. The lowest BCUT2D eigenvalue weighted by Gasteiger charge is -2.23. The summed E-state index contributed by atoms with van der Waals surface area (Å²) in [6.07, 6.45) is 20.2. The lowest BCUT2D eigenvalue weighted by Crippen LogP contribution is -2.30. The molecule has 0 spiro atoms. The number of benzene rings is 9. The number of aromatic nitrogens is 10. The van der Waals surface area contributed by atoms with Crippen molar-refractivity contribution in [2.45, 2.75) is 111 Å². The molecule has 15 rings (SSSR count). The molecule has 0 radical (unpaired) electrons. The van der Waals surface area contributed by atoms with Crippen molar-refractivity contribution in [1.29, 1.82) is 0 Å². The third-order valence-electron chi connectivity index (χ3n) is 19.7. The van der Waals surface area contributed by atoms with E-state index in [0.717, 1.165) is 83.8 Å². The van der Waals surface area contributed by atoms with Crippen LogP contribution in [0.15, 0.2) is 347 Å². The van der Waals surface area contributed by atoms with E-state index in [1.54, 1.807) is 153 Å². The van der Waals surface area contributed by atoms with E-state index >= 15 is 0 Å². The normalized spacial score (nSPS) is 11.6. The summed E-state index contributed by atoms with van der Waals surface area (Å²) >= 11 is 13.4. The number of carbonyl (C=O) groups is 3. The zero-order valence-electron chi connectivity index (χ0n) is 70.6. The van der Waals surface area contributed by atoms with Gasteiger partial charge in [-0.25, -0.2) is 73.2 Å². The number of carbonyl (C=O) groups excluding carboxylic acids is 3. The highest BCUT2D eigenvalue weighted by Gasteiger charge is 2.31. The van der Waals surface area contributed by atoms with Crippen molar-refractivity contribution in [3.8, 4) is 45.6 Å². The SMILES string of the molecule is CC(=O)CCc1cccc(CN(Cc2ccc(-c3ncccn3)cc2)S(=O)(=O)c2ccc(Cl)cc2)c1.CC(=O)CCc1cccc(CN(Cc2ccc(-c3ncccn3)cc2)S(=O)(=O)c2nccs2)c1.CC(=O)COc1cccc(CN(Cc2ccc(-n3cccn3)cc2)S(=O)(=O)c2ccccc2Cl)c1.CN(Cc1ccc(-c2ncccn2)cc1)S(=O)(=O)c1cccnc1. The van der Waals surface area contributed by atoms with Crippen LogP contribution in [0, 0.1) is 0 Å². The average Bonchev–Trinajstić information content (AvgIpc) is 1.15. The molecule has 0 unspecified atom stereocenters. The number of pyridine rings is 1. The van der Waals surface area contributed by atoms with Crippen LogP contribution in [0.2, 0.25) is 10.0 Å². The van der Waals surface area contributed by atoms with Gasteiger partial charge < -0.3 is 14.3 Å². The first-order chi connectivity index (χ1) is 62.1. The number of hydrogen-bond acceptors (Lipinski definition) is 22. The summed E-state index contributed by atoms with van der Waals surface area (Å²) in [5.74, 6) is 2.51. The zero-order valence-corrected chi connectivity index (χ0v) is 76.2. The fourth-order valence-electron chi connectivity index (χ4n) is 13.0. The molecule has 0 N–H and O–H groups in total. The Balaban J connectivity index is 0.000000157. The first-order valence-corrected chi connectivity index (χ1v) is 47.8. The van der Waals surface area contributed by atoms with Gasteiger partial charge in [0.2, 0.25) is 34.4 Å². The molecule has 6 aromatic heterocycles. The van der Waals surface area contributed by atoms with Gasteiger partial charge in [-0.3, -0.25) is 9.78 Å². The molecular formula is C96H90Cl2N14O12S5. The highest BCUT2D eigenvalue weighted by Crippen LogP contribution is 2.32. The molecule has 0 amide bonds. The van der Waals surface area contributed by atoms with Crippen LogP contribution < -0.4 is 4.74 Å². The molecule has 15 aromatic rings. The molecule has 129 heavy (non-hydrogen) atoms. The Kier molecular flexibility index (Phi) is 33.8. The van der Waals surface area contributed by atoms with E-state index in [4.69, 9.17) is 27.9 Å². The standard InChI is InChI=1S/C28H26ClN3O3S.C26H24ClN3O4S.C25H24N4O3S2.C17H16N4O2S/c1-21(33)6-7-22-4-2-5-24(18-22)20-32(36(34,35)27-14-12-26(29)13-15-27)19-23-8-10-25(11-9-23)28-30-16-3-17-31-28;1-20(31)19-34-24-7-4-6-22(16-24)18-29(35(32,33)26-9-3-2-8-25(26)27)17-21-10-12-23(13-11-21)30-15-5-14-28-30;1-19(30)6-7-20-4-2-5-22(16-20)18-29(34(31,32)25-28-14-15-33-25)17-21-8-10-23(11-9-21)24-26-12-3-13-27-24;1-21(24(22,23)16-4-2-9-18-12-16)13-14-5-7-15(8-6-14)17-19-10-3-11-20-17/h2-5,8-18H,6-7,19-20H2,1H3;2-16H,17-19H2,1H3;2-5,8-16H,6-7,17-18H2,1H3;2-12H,13H2,1H3. The molecular weight excluding hydrogens is 1770 g/mol. The molecule has 33 heteroatoms. The molecule has 660 valence electrons. The van der Waals surface area contributed by atoms with Crippen molar-refractivity contribution in [3.05, 3.63) is 388 Å². The topological polar surface area (TPSA) is 331 Å². The second-order valence-electron chi connectivity index (χ2n) is 29.6. The molecule has 0 fully saturated rings. The number of sulfonamides is 4. The van der Waals surface area contributed by atoms with E-state index in [1.165, 1.54) is 60.8 Å². The van der Waals surface area contributed by atoms with Crippen molar-refractivity contribution >= 4 is 92.0 Å². The van der Waals surface area contributed by atoms with E-state index in [1.807, 2.05) is 164 Å². The summed E-state index contributed by atoms with van der Waals surface area (Å²) in [6.45, 7) is 5.77. The third kappa shape index (κ3) is 27.6. The third-order valence-corrected chi connectivity index (χ3v) is 28.8. The number of ether oxygens (including phenoxy) is 1. The maximum Gasteiger partial charge on any atom is 0.270 e. The molecule has 26 nitrogen and oxygen atoms in total. The van der Waals surface area contributed by atoms with Crippen molar-refractivity contribution in [3.63, 3.8) is 0 Å². The van der Waals surface area contributed by atoms with Gasteiger partial charge in [-0.2, -0.15) is 22.3 Å². The van der Waals surface area contributed by atoms with E-state index in [-0.39, 0.29) is 93.8 Å². The van der Waals surface area contributed by atoms with Crippen LogP contribution in [0.1, 0.15) is 83.7 Å². The number of aryl methyl sites for hydroxylation is 2. The molecule has 0 aliphatic heterocycles. The zero-order chi connectivity index (χ0) is 91.3. The fraction of sp³-hybridized carbons (Fsp3) is 0.167. The molecule has 6 heterocycles. The summed E-state index contributed by atoms with van der Waals surface area (Å²) in [6, 6.07) is 75.4. The number of rotatable bonds is 35. The Morgan fingerprint density at radius 1 is 0.380 bits per heavy atom. The highest BCUT2D eigenvalue weighted by molar-refractivity contribution is 7.91. The summed E-state index contributed by atoms with van der Waals surface area (Å²) in [4.78, 5) is 67.8. The Hall–Kier alpha value is -12.8. The summed E-state index contributed by atoms with van der Waals surface area (Å²) < 4.78 is 119. The second kappa shape index (κ2) is 45.8. The lowest BCUT2D eigenvalue weighted by molar-refractivity contribution is -0.119. The van der Waals surface area contributed by atoms with Gasteiger partial charge in [0.25, 0.3) is 10.0 Å². The minimum atomic E-state index is -3.93. The van der Waals surface area contributed by atoms with Gasteiger partial charge in [-0.05, 0) is 181 Å². The van der Waals surface area contributed by atoms with E-state index in [2.05, 4.69) is 45.0 Å². The van der Waals surface area contributed by atoms with Crippen molar-refractivity contribution < 1.29 is 52.8 Å². The number of thiazole rings is 1. The van der Waals surface area contributed by atoms with Gasteiger partial charge in [-0.15, -0.1) is 11.3 Å². The van der Waals surface area contributed by atoms with E-state index in [9.17, 15) is 48.1 Å². The predicted molar refractivity (Wildman–Crippen MR) is 497 cm³/mol. The predicted octanol–water partition coefficient (Wildman–Crippen LogP) is 17.5. The van der Waals surface area contributed by atoms with Crippen LogP contribution >= 0.6 is 34.5 Å². The maximum atomic E-state index is 13.7. The van der Waals surface area contributed by atoms with Gasteiger partial charge >= 0.3 is 0 Å². The fourth-order valence-corrected chi connectivity index (χ4v) is 20.0. The molecule has 0 aliphatic carbocycles. The molecule has 0 aliphatic rings. The lowest BCUT2D eigenvalue weighted by atomic mass is 10.0. The number of nitrogens with zero attached hydrogens (tertiary/aromatic N) is 14. The van der Waals surface area contributed by atoms with Crippen LogP contribution in [0.3, 0.4) is 0 Å². The number of hydrogen-bond donors (Lipinski definition) is 0. The van der Waals surface area contributed by atoms with Crippen LogP contribution in [0.4, 0.5) is 0 Å². The van der Waals surface area contributed by atoms with E-state index < -0.39 is 40.1 Å². The van der Waals surface area contributed by atoms with Crippen molar-refractivity contribution in [2.24, 2.45) is 0 Å². The number of ketones is 3. The monoisotopic (exact) mass is 1860 g/mol. The Labute approximate surface area is 764 Å². The maximum absolute atomic E-state index is 13.7. The van der Waals surface area contributed by atoms with Gasteiger partial charge in [0.15, 0.2) is 23.3 Å². The van der Waals surface area contributed by atoms with Gasteiger partial charge in [-0.1, -0.05) is 181 Å². The molecule has 0 saturated heterocycles. The van der Waals surface area contributed by atoms with Gasteiger partial charge in [0, 0.05) is 161 Å². The summed E-state index contributed by atoms with van der Waals surface area (Å²) in [7, 11) is -13.5. The quantitative estimate of drug-likeness (QED) is 0.0356. The summed E-state index contributed by atoms with van der Waals surface area (Å²) in [5, 5.41) is 6.50. The molecule has 0 bridgehead atoms. The van der Waals surface area contributed by atoms with Crippen molar-refractivity contribution in [2.75, 3.05) is 13.7 Å². The largest absolute Gasteiger partial charge is 0.486 e. The summed E-state index contributed by atoms with van der Waals surface area (Å²) in [5.41, 5.74) is 11.3. The highest BCUT2D eigenvalue weighted by atomic mass is 35.5. The van der Waals surface area contributed by atoms with Crippen LogP contribution in [-0.2, 0) is 113 Å². The Morgan fingerprint density at radius 3 is 1.26 bits per heavy atom. The second-order valence-corrected chi connectivity index (χ2v) is 39.3. The van der Waals surface area contributed by atoms with Crippen LogP contribution in [0.25, 0.3) is 39.9 Å². The first kappa shape index (κ1) is 95.3. The average molecular weight is 1860 g/mol. The number of halogens is 2. The van der Waals surface area contributed by atoms with Crippen LogP contribution in [-0.4, -0.2) is 132 Å².